The average Bonchev–Trinajstić information content (AvgIpc) is 2.19. The Hall–Kier alpha value is -1.47. The highest BCUT2D eigenvalue weighted by molar-refractivity contribution is 5.67. The first kappa shape index (κ1) is 15.5. The van der Waals surface area contributed by atoms with Crippen molar-refractivity contribution in [3.05, 3.63) is 0 Å². The largest absolute Gasteiger partial charge is 0.481 e. The molecule has 0 bridgehead atoms. The molecule has 100 valence electrons. The van der Waals surface area contributed by atoms with E-state index in [1.807, 2.05) is 0 Å². The summed E-state index contributed by atoms with van der Waals surface area (Å²) in [5, 5.41) is 10.4. The first-order valence-electron chi connectivity index (χ1n) is 5.00. The van der Waals surface area contributed by atoms with Gasteiger partial charge in [0, 0.05) is 13.0 Å². The molecule has 0 fully saturated rings. The van der Waals surface area contributed by atoms with Crippen molar-refractivity contribution in [1.82, 2.24) is 5.32 Å². The van der Waals surface area contributed by atoms with Crippen molar-refractivity contribution < 1.29 is 32.6 Å². The summed E-state index contributed by atoms with van der Waals surface area (Å²) in [7, 11) is 0. The first-order valence-corrected chi connectivity index (χ1v) is 5.00. The lowest BCUT2D eigenvalue weighted by Gasteiger charge is -2.08. The van der Waals surface area contributed by atoms with E-state index in [4.69, 9.17) is 5.11 Å². The number of hydrogen-bond acceptors (Lipinski definition) is 3. The highest BCUT2D eigenvalue weighted by Gasteiger charge is 2.29. The normalized spacial score (nSPS) is 11.0. The number of carboxylic acid groups (broad SMARTS) is 1. The molecule has 0 rings (SSSR count). The summed E-state index contributed by atoms with van der Waals surface area (Å²) in [6.45, 7) is -1.45. The molecule has 0 aromatic rings. The van der Waals surface area contributed by atoms with E-state index in [1.165, 1.54) is 0 Å². The molecule has 0 atom stereocenters. The molecule has 0 heterocycles. The molecule has 17 heavy (non-hydrogen) atoms. The predicted octanol–water partition coefficient (Wildman–Crippen LogP) is 1.92. The zero-order valence-electron chi connectivity index (χ0n) is 9.05. The van der Waals surface area contributed by atoms with E-state index in [0.717, 1.165) is 0 Å². The van der Waals surface area contributed by atoms with Gasteiger partial charge in [-0.3, -0.25) is 4.79 Å². The molecule has 5 nitrogen and oxygen atoms in total. The third kappa shape index (κ3) is 12.5. The first-order chi connectivity index (χ1) is 7.81. The minimum atomic E-state index is -4.53. The van der Waals surface area contributed by atoms with Crippen LogP contribution in [0, 0.1) is 0 Å². The van der Waals surface area contributed by atoms with E-state index in [2.05, 4.69) is 10.1 Å². The summed E-state index contributed by atoms with van der Waals surface area (Å²) in [5.41, 5.74) is 0. The molecule has 0 spiro atoms. The number of amides is 1. The fourth-order valence-corrected chi connectivity index (χ4v) is 0.967. The van der Waals surface area contributed by atoms with Gasteiger partial charge in [0.25, 0.3) is 0 Å². The molecule has 0 saturated carbocycles. The van der Waals surface area contributed by atoms with Gasteiger partial charge in [-0.1, -0.05) is 6.42 Å². The summed E-state index contributed by atoms with van der Waals surface area (Å²) in [6.07, 6.45) is -4.08. The Balaban J connectivity index is 3.37. The van der Waals surface area contributed by atoms with Crippen molar-refractivity contribution in [2.75, 3.05) is 13.2 Å². The number of carbonyl (C=O) groups is 2. The van der Waals surface area contributed by atoms with E-state index >= 15 is 0 Å². The summed E-state index contributed by atoms with van der Waals surface area (Å²) in [6, 6.07) is 0. The number of carboxylic acids is 1. The molecule has 8 heteroatoms. The van der Waals surface area contributed by atoms with Crippen molar-refractivity contribution >= 4 is 12.1 Å². The Bertz CT molecular complexity index is 255. The predicted molar refractivity (Wildman–Crippen MR) is 51.5 cm³/mol. The summed E-state index contributed by atoms with van der Waals surface area (Å²) in [5.74, 6) is -0.900. The number of alkyl carbamates (subject to hydrolysis) is 1. The minimum Gasteiger partial charge on any atom is -0.481 e. The van der Waals surface area contributed by atoms with Gasteiger partial charge in [0.1, 0.15) is 0 Å². The Morgan fingerprint density at radius 3 is 2.35 bits per heavy atom. The van der Waals surface area contributed by atoms with Gasteiger partial charge in [-0.25, -0.2) is 4.79 Å². The number of halogens is 3. The maximum absolute atomic E-state index is 11.6. The van der Waals surface area contributed by atoms with Gasteiger partial charge in [-0.05, 0) is 12.8 Å². The lowest BCUT2D eigenvalue weighted by Crippen LogP contribution is -2.29. The SMILES string of the molecule is O=C(O)CCCCCNC(=O)OCC(F)(F)F. The van der Waals surface area contributed by atoms with Crippen LogP contribution in [0.1, 0.15) is 25.7 Å². The van der Waals surface area contributed by atoms with Gasteiger partial charge in [-0.15, -0.1) is 0 Å². The van der Waals surface area contributed by atoms with E-state index in [1.54, 1.807) is 0 Å². The fraction of sp³-hybridized carbons (Fsp3) is 0.778. The number of nitrogens with one attached hydrogen (secondary N) is 1. The lowest BCUT2D eigenvalue weighted by atomic mass is 10.2. The van der Waals surface area contributed by atoms with Gasteiger partial charge in [0.15, 0.2) is 6.61 Å². The van der Waals surface area contributed by atoms with Crippen molar-refractivity contribution in [3.8, 4) is 0 Å². The molecular weight excluding hydrogens is 243 g/mol. The number of aliphatic carboxylic acids is 1. The van der Waals surface area contributed by atoms with E-state index in [-0.39, 0.29) is 13.0 Å². The van der Waals surface area contributed by atoms with E-state index in [0.29, 0.717) is 19.3 Å². The van der Waals surface area contributed by atoms with Crippen LogP contribution < -0.4 is 5.32 Å². The molecule has 0 aromatic heterocycles. The Morgan fingerprint density at radius 2 is 1.82 bits per heavy atom. The highest BCUT2D eigenvalue weighted by Crippen LogP contribution is 2.14. The quantitative estimate of drug-likeness (QED) is 0.683. The number of rotatable bonds is 7. The molecule has 0 radical (unpaired) electrons. The third-order valence-electron chi connectivity index (χ3n) is 1.70. The molecular formula is C9H14F3NO4. The maximum Gasteiger partial charge on any atom is 0.422 e. The van der Waals surface area contributed by atoms with Crippen molar-refractivity contribution in [2.24, 2.45) is 0 Å². The van der Waals surface area contributed by atoms with Gasteiger partial charge < -0.3 is 15.2 Å². The van der Waals surface area contributed by atoms with Crippen LogP contribution in [0.3, 0.4) is 0 Å². The van der Waals surface area contributed by atoms with Crippen molar-refractivity contribution in [3.63, 3.8) is 0 Å². The van der Waals surface area contributed by atoms with Crippen LogP contribution in [-0.2, 0) is 9.53 Å². The lowest BCUT2D eigenvalue weighted by molar-refractivity contribution is -0.160. The number of hydrogen-bond donors (Lipinski definition) is 2. The Morgan fingerprint density at radius 1 is 1.18 bits per heavy atom. The molecule has 0 saturated heterocycles. The number of carbonyl (C=O) groups excluding carboxylic acids is 1. The van der Waals surface area contributed by atoms with Crippen LogP contribution in [0.4, 0.5) is 18.0 Å². The summed E-state index contributed by atoms with van der Waals surface area (Å²) in [4.78, 5) is 20.8. The third-order valence-corrected chi connectivity index (χ3v) is 1.70. The number of unbranched alkanes of at least 4 members (excludes halogenated alkanes) is 2. The number of alkyl halides is 3. The average molecular weight is 257 g/mol. The van der Waals surface area contributed by atoms with Gasteiger partial charge in [0.05, 0.1) is 0 Å². The van der Waals surface area contributed by atoms with Crippen molar-refractivity contribution in [1.29, 1.82) is 0 Å². The van der Waals surface area contributed by atoms with Crippen LogP contribution in [0.2, 0.25) is 0 Å². The zero-order chi connectivity index (χ0) is 13.3. The fourth-order valence-electron chi connectivity index (χ4n) is 0.967. The number of ether oxygens (including phenoxy) is 1. The highest BCUT2D eigenvalue weighted by atomic mass is 19.4. The van der Waals surface area contributed by atoms with Gasteiger partial charge in [-0.2, -0.15) is 13.2 Å². The second kappa shape index (κ2) is 7.75. The van der Waals surface area contributed by atoms with Crippen LogP contribution in [-0.4, -0.2) is 36.5 Å². The van der Waals surface area contributed by atoms with Crippen molar-refractivity contribution in [2.45, 2.75) is 31.9 Å². The molecule has 0 aliphatic rings. The second-order valence-electron chi connectivity index (χ2n) is 3.32. The summed E-state index contributed by atoms with van der Waals surface area (Å²) < 4.78 is 38.7. The Kier molecular flexibility index (Phi) is 7.08. The molecule has 0 aliphatic carbocycles. The molecule has 0 aromatic carbocycles. The topological polar surface area (TPSA) is 75.6 Å². The minimum absolute atomic E-state index is 0.0402. The Labute approximate surface area is 95.9 Å². The van der Waals surface area contributed by atoms with Crippen LogP contribution >= 0.6 is 0 Å². The van der Waals surface area contributed by atoms with Crippen LogP contribution in [0.15, 0.2) is 0 Å². The maximum atomic E-state index is 11.6. The molecule has 1 amide bonds. The smallest absolute Gasteiger partial charge is 0.422 e. The standard InChI is InChI=1S/C9H14F3NO4/c10-9(11,12)6-17-8(16)13-5-3-1-2-4-7(14)15/h1-6H2,(H,13,16)(H,14,15). The molecule has 0 unspecified atom stereocenters. The second-order valence-corrected chi connectivity index (χ2v) is 3.32. The van der Waals surface area contributed by atoms with Gasteiger partial charge in [0.2, 0.25) is 0 Å². The van der Waals surface area contributed by atoms with E-state index < -0.39 is 24.8 Å². The van der Waals surface area contributed by atoms with Gasteiger partial charge >= 0.3 is 18.2 Å². The van der Waals surface area contributed by atoms with Crippen LogP contribution in [0.5, 0.6) is 0 Å². The molecule has 2 N–H and O–H groups in total. The molecule has 0 aliphatic heterocycles. The zero-order valence-corrected chi connectivity index (χ0v) is 9.05. The van der Waals surface area contributed by atoms with Crippen LogP contribution in [0.25, 0.3) is 0 Å². The monoisotopic (exact) mass is 257 g/mol. The van der Waals surface area contributed by atoms with E-state index in [9.17, 15) is 22.8 Å². The summed E-state index contributed by atoms with van der Waals surface area (Å²) >= 11 is 0.